The standard InChI is InChI=1S/C21H25ClN2O4S/c1-13(2)21(5,23-15(4)25)20(26)24-29(27,28)19-11-8-17(12-14(19)3)16-6-9-18(22)10-7-16/h6-13H,1-5H3,(H,23,25)(H,24,26). The van der Waals surface area contributed by atoms with Gasteiger partial charge in [-0.3, -0.25) is 9.59 Å². The minimum Gasteiger partial charge on any atom is -0.342 e. The molecule has 1 atom stereocenters. The van der Waals surface area contributed by atoms with Crippen molar-refractivity contribution in [2.24, 2.45) is 5.92 Å². The lowest BCUT2D eigenvalue weighted by Gasteiger charge is -2.32. The van der Waals surface area contributed by atoms with Crippen LogP contribution in [0, 0.1) is 12.8 Å². The molecule has 1 unspecified atom stereocenters. The van der Waals surface area contributed by atoms with Gasteiger partial charge in [0.1, 0.15) is 5.54 Å². The molecule has 2 amide bonds. The number of hydrogen-bond acceptors (Lipinski definition) is 4. The van der Waals surface area contributed by atoms with Crippen molar-refractivity contribution in [2.75, 3.05) is 0 Å². The second-order valence-corrected chi connectivity index (χ2v) is 9.55. The van der Waals surface area contributed by atoms with Gasteiger partial charge in [0.05, 0.1) is 4.90 Å². The summed E-state index contributed by atoms with van der Waals surface area (Å²) in [6, 6.07) is 12.1. The minimum absolute atomic E-state index is 0.00232. The molecule has 0 spiro atoms. The highest BCUT2D eigenvalue weighted by Gasteiger charge is 2.39. The first kappa shape index (κ1) is 22.9. The summed E-state index contributed by atoms with van der Waals surface area (Å²) in [5, 5.41) is 3.16. The topological polar surface area (TPSA) is 92.3 Å². The van der Waals surface area contributed by atoms with Gasteiger partial charge in [-0.2, -0.15) is 0 Å². The fraction of sp³-hybridized carbons (Fsp3) is 0.333. The molecule has 0 heterocycles. The van der Waals surface area contributed by atoms with Crippen LogP contribution in [0.15, 0.2) is 47.4 Å². The van der Waals surface area contributed by atoms with Gasteiger partial charge >= 0.3 is 0 Å². The second kappa shape index (κ2) is 8.55. The summed E-state index contributed by atoms with van der Waals surface area (Å²) < 4.78 is 27.8. The van der Waals surface area contributed by atoms with Gasteiger partial charge < -0.3 is 5.32 Å². The predicted molar refractivity (Wildman–Crippen MR) is 114 cm³/mol. The van der Waals surface area contributed by atoms with E-state index in [9.17, 15) is 18.0 Å². The molecule has 8 heteroatoms. The summed E-state index contributed by atoms with van der Waals surface area (Å²) in [5.41, 5.74) is 0.845. The molecule has 0 aliphatic heterocycles. The van der Waals surface area contributed by atoms with Gasteiger partial charge in [-0.1, -0.05) is 49.7 Å². The number of aryl methyl sites for hydroxylation is 1. The Hall–Kier alpha value is -2.38. The maximum Gasteiger partial charge on any atom is 0.264 e. The van der Waals surface area contributed by atoms with Crippen LogP contribution in [0.2, 0.25) is 5.02 Å². The molecule has 0 saturated heterocycles. The molecular weight excluding hydrogens is 412 g/mol. The van der Waals surface area contributed by atoms with Crippen LogP contribution in [-0.2, 0) is 19.6 Å². The van der Waals surface area contributed by atoms with Gasteiger partial charge in [0.15, 0.2) is 0 Å². The minimum atomic E-state index is -4.12. The Morgan fingerprint density at radius 3 is 2.07 bits per heavy atom. The Balaban J connectivity index is 2.34. The molecule has 2 aromatic rings. The van der Waals surface area contributed by atoms with Crippen molar-refractivity contribution in [3.8, 4) is 11.1 Å². The monoisotopic (exact) mass is 436 g/mol. The van der Waals surface area contributed by atoms with E-state index in [1.54, 1.807) is 45.0 Å². The van der Waals surface area contributed by atoms with Gasteiger partial charge in [-0.25, -0.2) is 13.1 Å². The Morgan fingerprint density at radius 1 is 1.03 bits per heavy atom. The lowest BCUT2D eigenvalue weighted by atomic mass is 9.87. The van der Waals surface area contributed by atoms with Crippen LogP contribution < -0.4 is 10.0 Å². The molecule has 0 saturated carbocycles. The Kier molecular flexibility index (Phi) is 6.75. The van der Waals surface area contributed by atoms with Crippen LogP contribution in [0.4, 0.5) is 0 Å². The van der Waals surface area contributed by atoms with E-state index in [1.807, 2.05) is 12.1 Å². The third-order valence-electron chi connectivity index (χ3n) is 4.93. The molecule has 29 heavy (non-hydrogen) atoms. The van der Waals surface area contributed by atoms with Crippen LogP contribution in [0.3, 0.4) is 0 Å². The lowest BCUT2D eigenvalue weighted by molar-refractivity contribution is -0.132. The number of carbonyl (C=O) groups is 2. The third-order valence-corrected chi connectivity index (χ3v) is 6.67. The average molecular weight is 437 g/mol. The second-order valence-electron chi connectivity index (χ2n) is 7.46. The van der Waals surface area contributed by atoms with Gasteiger partial charge in [-0.05, 0) is 54.7 Å². The smallest absolute Gasteiger partial charge is 0.264 e. The first-order valence-electron chi connectivity index (χ1n) is 9.09. The number of nitrogens with one attached hydrogen (secondary N) is 2. The van der Waals surface area contributed by atoms with Gasteiger partial charge in [-0.15, -0.1) is 0 Å². The number of amides is 2. The highest BCUT2D eigenvalue weighted by Crippen LogP contribution is 2.26. The zero-order valence-corrected chi connectivity index (χ0v) is 18.6. The average Bonchev–Trinajstić information content (AvgIpc) is 2.60. The van der Waals surface area contributed by atoms with E-state index in [4.69, 9.17) is 11.6 Å². The largest absolute Gasteiger partial charge is 0.342 e. The van der Waals surface area contributed by atoms with Crippen molar-refractivity contribution < 1.29 is 18.0 Å². The van der Waals surface area contributed by atoms with Crippen LogP contribution in [-0.4, -0.2) is 25.8 Å². The summed E-state index contributed by atoms with van der Waals surface area (Å²) in [4.78, 5) is 24.2. The summed E-state index contributed by atoms with van der Waals surface area (Å²) >= 11 is 5.91. The van der Waals surface area contributed by atoms with E-state index in [1.165, 1.54) is 19.9 Å². The van der Waals surface area contributed by atoms with Crippen LogP contribution in [0.1, 0.15) is 33.3 Å². The fourth-order valence-electron chi connectivity index (χ4n) is 2.88. The maximum absolute atomic E-state index is 12.8. The van der Waals surface area contributed by atoms with Gasteiger partial charge in [0.2, 0.25) is 5.91 Å². The molecule has 0 fully saturated rings. The normalized spacial score (nSPS) is 13.6. The van der Waals surface area contributed by atoms with E-state index >= 15 is 0 Å². The molecule has 0 aliphatic rings. The molecule has 0 aromatic heterocycles. The molecule has 0 bridgehead atoms. The highest BCUT2D eigenvalue weighted by atomic mass is 35.5. The summed E-state index contributed by atoms with van der Waals surface area (Å²) in [7, 11) is -4.12. The van der Waals surface area contributed by atoms with Crippen molar-refractivity contribution in [2.45, 2.75) is 45.1 Å². The zero-order valence-electron chi connectivity index (χ0n) is 17.0. The van der Waals surface area contributed by atoms with E-state index in [0.717, 1.165) is 11.1 Å². The zero-order chi connectivity index (χ0) is 22.0. The number of carbonyl (C=O) groups excluding carboxylic acids is 2. The van der Waals surface area contributed by atoms with Crippen LogP contribution >= 0.6 is 11.6 Å². The molecule has 2 aromatic carbocycles. The van der Waals surface area contributed by atoms with Crippen molar-refractivity contribution >= 4 is 33.4 Å². The Bertz CT molecular complexity index is 1030. The van der Waals surface area contributed by atoms with Crippen molar-refractivity contribution in [3.63, 3.8) is 0 Å². The highest BCUT2D eigenvalue weighted by molar-refractivity contribution is 7.90. The number of benzene rings is 2. The summed E-state index contributed by atoms with van der Waals surface area (Å²) in [6.07, 6.45) is 0. The third kappa shape index (κ3) is 5.16. The predicted octanol–water partition coefficient (Wildman–Crippen LogP) is 3.67. The van der Waals surface area contributed by atoms with E-state index < -0.39 is 27.4 Å². The van der Waals surface area contributed by atoms with E-state index in [2.05, 4.69) is 10.0 Å². The number of halogens is 1. The van der Waals surface area contributed by atoms with E-state index in [0.29, 0.717) is 10.6 Å². The summed E-state index contributed by atoms with van der Waals surface area (Å²) in [5.74, 6) is -1.53. The maximum atomic E-state index is 12.8. The number of hydrogen-bond donors (Lipinski definition) is 2. The van der Waals surface area contributed by atoms with Gasteiger partial charge in [0.25, 0.3) is 15.9 Å². The van der Waals surface area contributed by atoms with Gasteiger partial charge in [0, 0.05) is 11.9 Å². The molecule has 2 rings (SSSR count). The summed E-state index contributed by atoms with van der Waals surface area (Å²) in [6.45, 7) is 7.90. The van der Waals surface area contributed by atoms with Crippen LogP contribution in [0.25, 0.3) is 11.1 Å². The quantitative estimate of drug-likeness (QED) is 0.722. The lowest BCUT2D eigenvalue weighted by Crippen LogP contribution is -2.60. The molecule has 0 aliphatic carbocycles. The number of rotatable bonds is 6. The Labute approximate surface area is 176 Å². The molecular formula is C21H25ClN2O4S. The number of sulfonamides is 1. The van der Waals surface area contributed by atoms with Crippen LogP contribution in [0.5, 0.6) is 0 Å². The fourth-order valence-corrected chi connectivity index (χ4v) is 4.31. The van der Waals surface area contributed by atoms with Crippen molar-refractivity contribution in [1.29, 1.82) is 0 Å². The first-order valence-corrected chi connectivity index (χ1v) is 11.0. The van der Waals surface area contributed by atoms with Crippen molar-refractivity contribution in [3.05, 3.63) is 53.1 Å². The molecule has 2 N–H and O–H groups in total. The van der Waals surface area contributed by atoms with E-state index in [-0.39, 0.29) is 10.8 Å². The Morgan fingerprint density at radius 2 is 1.59 bits per heavy atom. The molecule has 156 valence electrons. The van der Waals surface area contributed by atoms with Crippen molar-refractivity contribution in [1.82, 2.24) is 10.0 Å². The first-order chi connectivity index (χ1) is 13.4. The SMILES string of the molecule is CC(=O)NC(C)(C(=O)NS(=O)(=O)c1ccc(-c2ccc(Cl)cc2)cc1C)C(C)C. The molecule has 6 nitrogen and oxygen atoms in total. The molecule has 0 radical (unpaired) electrons.